The molecule has 1 fully saturated rings. The number of carbonyl (C=O) groups excluding carboxylic acids is 1. The van der Waals surface area contributed by atoms with Gasteiger partial charge in [0.15, 0.2) is 0 Å². The molecule has 0 radical (unpaired) electrons. The summed E-state index contributed by atoms with van der Waals surface area (Å²) in [6, 6.07) is 13.3. The molecule has 1 heterocycles. The average molecular weight is 483 g/mol. The number of ether oxygens (including phenoxy) is 1. The van der Waals surface area contributed by atoms with E-state index in [1.165, 1.54) is 11.8 Å². The highest BCUT2D eigenvalue weighted by molar-refractivity contribution is 9.10. The molecule has 1 aliphatic rings. The highest BCUT2D eigenvalue weighted by atomic mass is 79.9. The first-order valence-electron chi connectivity index (χ1n) is 8.40. The van der Waals surface area contributed by atoms with E-state index in [9.17, 15) is 4.79 Å². The maximum Gasteiger partial charge on any atom is 0.266 e. The van der Waals surface area contributed by atoms with E-state index in [0.29, 0.717) is 33.1 Å². The van der Waals surface area contributed by atoms with Crippen molar-refractivity contribution in [2.75, 3.05) is 6.54 Å². The van der Waals surface area contributed by atoms with Crippen molar-refractivity contribution in [2.45, 2.75) is 20.0 Å². The van der Waals surface area contributed by atoms with Crippen LogP contribution in [0.4, 0.5) is 0 Å². The number of rotatable bonds is 6. The average Bonchev–Trinajstić information content (AvgIpc) is 2.90. The molecule has 0 N–H and O–H groups in total. The monoisotopic (exact) mass is 481 g/mol. The Bertz CT molecular complexity index is 917. The maximum atomic E-state index is 12.6. The van der Waals surface area contributed by atoms with Gasteiger partial charge in [0, 0.05) is 27.2 Å². The molecule has 0 saturated carbocycles. The van der Waals surface area contributed by atoms with Crippen LogP contribution in [0.15, 0.2) is 51.8 Å². The quantitative estimate of drug-likeness (QED) is 0.357. The Hall–Kier alpha value is -1.34. The van der Waals surface area contributed by atoms with Crippen LogP contribution in [0.5, 0.6) is 5.75 Å². The minimum absolute atomic E-state index is 0.0520. The fraction of sp³-hybridized carbons (Fsp3) is 0.200. The Balaban J connectivity index is 1.85. The molecule has 1 aliphatic heterocycles. The molecule has 2 aromatic carbocycles. The SMILES string of the molecule is CCCN1C(=O)C(=Cc2cc(Br)ccc2OCc2ccccc2Cl)SC1=S. The summed E-state index contributed by atoms with van der Waals surface area (Å²) in [5.74, 6) is 0.628. The number of hydrogen-bond acceptors (Lipinski definition) is 4. The molecule has 3 nitrogen and oxygen atoms in total. The summed E-state index contributed by atoms with van der Waals surface area (Å²) < 4.78 is 7.49. The highest BCUT2D eigenvalue weighted by Crippen LogP contribution is 2.35. The zero-order valence-corrected chi connectivity index (χ0v) is 18.6. The zero-order valence-electron chi connectivity index (χ0n) is 14.6. The predicted octanol–water partition coefficient (Wildman–Crippen LogP) is 6.29. The lowest BCUT2D eigenvalue weighted by Crippen LogP contribution is -2.28. The third kappa shape index (κ3) is 4.93. The van der Waals surface area contributed by atoms with E-state index in [4.69, 9.17) is 28.6 Å². The van der Waals surface area contributed by atoms with E-state index < -0.39 is 0 Å². The molecule has 7 heteroatoms. The first kappa shape index (κ1) is 20.4. The van der Waals surface area contributed by atoms with E-state index in [-0.39, 0.29) is 5.91 Å². The van der Waals surface area contributed by atoms with E-state index in [1.807, 2.05) is 55.5 Å². The van der Waals surface area contributed by atoms with Gasteiger partial charge in [-0.25, -0.2) is 0 Å². The van der Waals surface area contributed by atoms with Crippen molar-refractivity contribution in [2.24, 2.45) is 0 Å². The summed E-state index contributed by atoms with van der Waals surface area (Å²) in [7, 11) is 0. The summed E-state index contributed by atoms with van der Waals surface area (Å²) in [6.45, 7) is 3.01. The number of benzene rings is 2. The predicted molar refractivity (Wildman–Crippen MR) is 120 cm³/mol. The standard InChI is InChI=1S/C20H17BrClNO2S2/c1-2-9-23-19(24)18(27-20(23)26)11-14-10-15(21)7-8-17(14)25-12-13-5-3-4-6-16(13)22/h3-8,10-11H,2,9,12H2,1H3. The Kier molecular flexibility index (Phi) is 6.98. The second-order valence-corrected chi connectivity index (χ2v) is 8.89. The van der Waals surface area contributed by atoms with Crippen LogP contribution in [-0.2, 0) is 11.4 Å². The molecule has 0 bridgehead atoms. The van der Waals surface area contributed by atoms with Gasteiger partial charge in [0.2, 0.25) is 0 Å². The first-order valence-corrected chi connectivity index (χ1v) is 10.8. The van der Waals surface area contributed by atoms with Gasteiger partial charge in [-0.05, 0) is 36.8 Å². The molecule has 27 heavy (non-hydrogen) atoms. The van der Waals surface area contributed by atoms with Crippen molar-refractivity contribution in [3.05, 3.63) is 68.0 Å². The van der Waals surface area contributed by atoms with Gasteiger partial charge in [0.05, 0.1) is 4.91 Å². The zero-order chi connectivity index (χ0) is 19.4. The fourth-order valence-corrected chi connectivity index (χ4v) is 4.46. The second-order valence-electron chi connectivity index (χ2n) is 5.90. The first-order chi connectivity index (χ1) is 13.0. The molecular formula is C20H17BrClNO2S2. The van der Waals surface area contributed by atoms with Crippen LogP contribution >= 0.6 is 51.5 Å². The molecule has 1 saturated heterocycles. The Morgan fingerprint density at radius 2 is 2.07 bits per heavy atom. The van der Waals surface area contributed by atoms with Gasteiger partial charge in [0.25, 0.3) is 5.91 Å². The number of hydrogen-bond donors (Lipinski definition) is 0. The molecule has 0 unspecified atom stereocenters. The molecule has 0 aromatic heterocycles. The summed E-state index contributed by atoms with van der Waals surface area (Å²) in [5, 5.41) is 0.664. The van der Waals surface area contributed by atoms with Crippen molar-refractivity contribution < 1.29 is 9.53 Å². The van der Waals surface area contributed by atoms with Crippen LogP contribution in [0, 0.1) is 0 Å². The normalized spacial score (nSPS) is 15.7. The summed E-state index contributed by atoms with van der Waals surface area (Å²) >= 11 is 16.4. The maximum absolute atomic E-state index is 12.6. The van der Waals surface area contributed by atoms with Crippen LogP contribution in [0.25, 0.3) is 6.08 Å². The molecule has 3 rings (SSSR count). The van der Waals surface area contributed by atoms with Gasteiger partial charge >= 0.3 is 0 Å². The van der Waals surface area contributed by atoms with E-state index >= 15 is 0 Å². The fourth-order valence-electron chi connectivity index (χ4n) is 2.59. The van der Waals surface area contributed by atoms with Crippen LogP contribution in [0.1, 0.15) is 24.5 Å². The molecule has 2 aromatic rings. The van der Waals surface area contributed by atoms with Gasteiger partial charge in [0.1, 0.15) is 16.7 Å². The van der Waals surface area contributed by atoms with Crippen molar-refractivity contribution in [1.29, 1.82) is 0 Å². The van der Waals surface area contributed by atoms with E-state index in [2.05, 4.69) is 15.9 Å². The smallest absolute Gasteiger partial charge is 0.266 e. The number of carbonyl (C=O) groups is 1. The third-order valence-electron chi connectivity index (χ3n) is 3.92. The van der Waals surface area contributed by atoms with Gasteiger partial charge in [-0.2, -0.15) is 0 Å². The summed E-state index contributed by atoms with van der Waals surface area (Å²) in [5.41, 5.74) is 1.72. The Morgan fingerprint density at radius 3 is 2.81 bits per heavy atom. The Labute approximate surface area is 181 Å². The number of nitrogens with zero attached hydrogens (tertiary/aromatic N) is 1. The third-order valence-corrected chi connectivity index (χ3v) is 6.16. The van der Waals surface area contributed by atoms with Crippen LogP contribution < -0.4 is 4.74 Å². The van der Waals surface area contributed by atoms with Crippen molar-refractivity contribution in [1.82, 2.24) is 4.90 Å². The summed E-state index contributed by atoms with van der Waals surface area (Å²) in [4.78, 5) is 14.9. The van der Waals surface area contributed by atoms with Crippen LogP contribution in [-0.4, -0.2) is 21.7 Å². The van der Waals surface area contributed by atoms with Crippen LogP contribution in [0.2, 0.25) is 5.02 Å². The van der Waals surface area contributed by atoms with E-state index in [1.54, 1.807) is 4.90 Å². The van der Waals surface area contributed by atoms with Crippen molar-refractivity contribution >= 4 is 67.8 Å². The largest absolute Gasteiger partial charge is 0.488 e. The van der Waals surface area contributed by atoms with Crippen molar-refractivity contribution in [3.63, 3.8) is 0 Å². The molecule has 140 valence electrons. The molecular weight excluding hydrogens is 466 g/mol. The molecule has 0 atom stereocenters. The molecule has 1 amide bonds. The number of thiocarbonyl (C=S) groups is 1. The topological polar surface area (TPSA) is 29.5 Å². The van der Waals surface area contributed by atoms with Gasteiger partial charge in [-0.1, -0.05) is 76.6 Å². The Morgan fingerprint density at radius 1 is 1.30 bits per heavy atom. The molecule has 0 aliphatic carbocycles. The van der Waals surface area contributed by atoms with Gasteiger partial charge in [-0.3, -0.25) is 9.69 Å². The second kappa shape index (κ2) is 9.24. The lowest BCUT2D eigenvalue weighted by molar-refractivity contribution is -0.122. The van der Waals surface area contributed by atoms with E-state index in [0.717, 1.165) is 22.0 Å². The van der Waals surface area contributed by atoms with Crippen molar-refractivity contribution in [3.8, 4) is 5.75 Å². The highest BCUT2D eigenvalue weighted by Gasteiger charge is 2.31. The van der Waals surface area contributed by atoms with Crippen LogP contribution in [0.3, 0.4) is 0 Å². The molecule has 0 spiro atoms. The number of amides is 1. The minimum atomic E-state index is -0.0520. The summed E-state index contributed by atoms with van der Waals surface area (Å²) in [6.07, 6.45) is 2.70. The van der Waals surface area contributed by atoms with Gasteiger partial charge < -0.3 is 4.74 Å². The number of halogens is 2. The lowest BCUT2D eigenvalue weighted by Gasteiger charge is -2.12. The number of thioether (sulfide) groups is 1. The lowest BCUT2D eigenvalue weighted by atomic mass is 10.1. The minimum Gasteiger partial charge on any atom is -0.488 e. The van der Waals surface area contributed by atoms with Gasteiger partial charge in [-0.15, -0.1) is 0 Å².